The molecule has 0 aliphatic heterocycles. The topological polar surface area (TPSA) is 49.4 Å². The first-order valence-electron chi connectivity index (χ1n) is 9.94. The van der Waals surface area contributed by atoms with Crippen molar-refractivity contribution in [1.82, 2.24) is 10.2 Å². The molecule has 2 amide bonds. The number of unbranched alkanes of at least 4 members (excludes halogenated alkanes) is 1. The Morgan fingerprint density at radius 3 is 2.32 bits per heavy atom. The van der Waals surface area contributed by atoms with Gasteiger partial charge in [-0.2, -0.15) is 0 Å². The van der Waals surface area contributed by atoms with E-state index in [4.69, 9.17) is 0 Å². The Balaban J connectivity index is 2.25. The van der Waals surface area contributed by atoms with Crippen molar-refractivity contribution in [3.05, 3.63) is 84.4 Å². The average molecular weight is 379 g/mol. The monoisotopic (exact) mass is 378 g/mol. The lowest BCUT2D eigenvalue weighted by Gasteiger charge is -2.31. The van der Waals surface area contributed by atoms with Gasteiger partial charge in [0.05, 0.1) is 0 Å². The van der Waals surface area contributed by atoms with Crippen molar-refractivity contribution >= 4 is 11.8 Å². The van der Waals surface area contributed by atoms with Crippen LogP contribution < -0.4 is 5.32 Å². The van der Waals surface area contributed by atoms with Crippen LogP contribution in [0.2, 0.25) is 0 Å². The maximum atomic E-state index is 13.2. The highest BCUT2D eigenvalue weighted by Crippen LogP contribution is 2.23. The maximum absolute atomic E-state index is 13.2. The molecule has 1 unspecified atom stereocenters. The molecule has 2 aromatic carbocycles. The van der Waals surface area contributed by atoms with Gasteiger partial charge in [-0.1, -0.05) is 80.1 Å². The second-order valence-electron chi connectivity index (χ2n) is 6.78. The molecule has 0 spiro atoms. The summed E-state index contributed by atoms with van der Waals surface area (Å²) in [6.07, 6.45) is 4.52. The third-order valence-electron chi connectivity index (χ3n) is 4.62. The molecule has 2 aromatic rings. The molecule has 0 bridgehead atoms. The number of nitrogens with one attached hydrogen (secondary N) is 1. The van der Waals surface area contributed by atoms with Crippen molar-refractivity contribution in [3.63, 3.8) is 0 Å². The SMILES string of the molecule is C=CCCC(=O)N(CCCC)C(C(=O)NCc1ccccc1)c1ccccc1. The molecule has 0 radical (unpaired) electrons. The Kier molecular flexibility index (Phi) is 8.99. The standard InChI is InChI=1S/C24H30N2O2/c1-3-5-17-22(27)26(18-6-4-2)23(21-15-11-8-12-16-21)24(28)25-19-20-13-9-7-10-14-20/h3,7-16,23H,1,4-6,17-19H2,2H3,(H,25,28). The van der Waals surface area contributed by atoms with E-state index in [2.05, 4.69) is 18.8 Å². The van der Waals surface area contributed by atoms with Crippen molar-refractivity contribution in [1.29, 1.82) is 0 Å². The fraction of sp³-hybridized carbons (Fsp3) is 0.333. The Labute approximate surface area is 168 Å². The number of carbonyl (C=O) groups excluding carboxylic acids is 2. The highest BCUT2D eigenvalue weighted by molar-refractivity contribution is 5.88. The number of rotatable bonds is 11. The number of carbonyl (C=O) groups is 2. The normalized spacial score (nSPS) is 11.5. The van der Waals surface area contributed by atoms with Gasteiger partial charge in [0, 0.05) is 19.5 Å². The minimum Gasteiger partial charge on any atom is -0.350 e. The molecule has 0 aliphatic rings. The van der Waals surface area contributed by atoms with Crippen LogP contribution in [0.15, 0.2) is 73.3 Å². The van der Waals surface area contributed by atoms with Gasteiger partial charge < -0.3 is 10.2 Å². The van der Waals surface area contributed by atoms with Crippen LogP contribution in [0.3, 0.4) is 0 Å². The van der Waals surface area contributed by atoms with Crippen LogP contribution in [0, 0.1) is 0 Å². The number of amides is 2. The molecule has 148 valence electrons. The van der Waals surface area contributed by atoms with E-state index < -0.39 is 6.04 Å². The van der Waals surface area contributed by atoms with Crippen molar-refractivity contribution in [2.24, 2.45) is 0 Å². The zero-order valence-corrected chi connectivity index (χ0v) is 16.6. The zero-order valence-electron chi connectivity index (χ0n) is 16.6. The predicted octanol–water partition coefficient (Wildman–Crippen LogP) is 4.64. The van der Waals surface area contributed by atoms with Crippen LogP contribution in [-0.4, -0.2) is 23.3 Å². The van der Waals surface area contributed by atoms with Gasteiger partial charge in [-0.05, 0) is 24.0 Å². The summed E-state index contributed by atoms with van der Waals surface area (Å²) in [7, 11) is 0. The third kappa shape index (κ3) is 6.38. The van der Waals surface area contributed by atoms with Crippen LogP contribution in [-0.2, 0) is 16.1 Å². The van der Waals surface area contributed by atoms with Gasteiger partial charge in [0.2, 0.25) is 11.8 Å². The molecular weight excluding hydrogens is 348 g/mol. The van der Waals surface area contributed by atoms with Crippen LogP contribution in [0.1, 0.15) is 49.8 Å². The lowest BCUT2D eigenvalue weighted by molar-refractivity contribution is -0.141. The molecule has 0 saturated carbocycles. The van der Waals surface area contributed by atoms with E-state index >= 15 is 0 Å². The summed E-state index contributed by atoms with van der Waals surface area (Å²) in [6.45, 7) is 6.78. The smallest absolute Gasteiger partial charge is 0.247 e. The second kappa shape index (κ2) is 11.8. The molecule has 0 saturated heterocycles. The summed E-state index contributed by atoms with van der Waals surface area (Å²) in [4.78, 5) is 27.8. The summed E-state index contributed by atoms with van der Waals surface area (Å²) in [5.41, 5.74) is 1.86. The number of hydrogen-bond donors (Lipinski definition) is 1. The quantitative estimate of drug-likeness (QED) is 0.579. The van der Waals surface area contributed by atoms with Crippen molar-refractivity contribution < 1.29 is 9.59 Å². The first-order chi connectivity index (χ1) is 13.7. The van der Waals surface area contributed by atoms with E-state index in [0.717, 1.165) is 24.0 Å². The lowest BCUT2D eigenvalue weighted by atomic mass is 10.0. The zero-order chi connectivity index (χ0) is 20.2. The van der Waals surface area contributed by atoms with E-state index in [9.17, 15) is 9.59 Å². The molecule has 1 atom stereocenters. The number of allylic oxidation sites excluding steroid dienone is 1. The van der Waals surface area contributed by atoms with Gasteiger partial charge in [-0.15, -0.1) is 6.58 Å². The Bertz CT molecular complexity index is 744. The fourth-order valence-corrected chi connectivity index (χ4v) is 3.09. The fourth-order valence-electron chi connectivity index (χ4n) is 3.09. The summed E-state index contributed by atoms with van der Waals surface area (Å²) in [5, 5.41) is 3.01. The molecule has 2 rings (SSSR count). The number of hydrogen-bond acceptors (Lipinski definition) is 2. The predicted molar refractivity (Wildman–Crippen MR) is 114 cm³/mol. The largest absolute Gasteiger partial charge is 0.350 e. The van der Waals surface area contributed by atoms with Gasteiger partial charge in [0.1, 0.15) is 6.04 Å². The van der Waals surface area contributed by atoms with E-state index in [-0.39, 0.29) is 11.8 Å². The first kappa shape index (κ1) is 21.4. The van der Waals surface area contributed by atoms with Crippen LogP contribution >= 0.6 is 0 Å². The van der Waals surface area contributed by atoms with Gasteiger partial charge >= 0.3 is 0 Å². The molecule has 0 fully saturated rings. The second-order valence-corrected chi connectivity index (χ2v) is 6.78. The lowest BCUT2D eigenvalue weighted by Crippen LogP contribution is -2.44. The van der Waals surface area contributed by atoms with Crippen LogP contribution in [0.5, 0.6) is 0 Å². The van der Waals surface area contributed by atoms with Crippen molar-refractivity contribution in [2.45, 2.75) is 45.2 Å². The average Bonchev–Trinajstić information content (AvgIpc) is 2.74. The minimum atomic E-state index is -0.631. The molecule has 4 heteroatoms. The van der Waals surface area contributed by atoms with Crippen LogP contribution in [0.25, 0.3) is 0 Å². The van der Waals surface area contributed by atoms with E-state index in [1.807, 2.05) is 60.7 Å². The van der Waals surface area contributed by atoms with Gasteiger partial charge in [-0.3, -0.25) is 9.59 Å². The van der Waals surface area contributed by atoms with Crippen molar-refractivity contribution in [3.8, 4) is 0 Å². The Morgan fingerprint density at radius 1 is 1.07 bits per heavy atom. The highest BCUT2D eigenvalue weighted by Gasteiger charge is 2.30. The number of nitrogens with zero attached hydrogens (tertiary/aromatic N) is 1. The van der Waals surface area contributed by atoms with Gasteiger partial charge in [0.15, 0.2) is 0 Å². The first-order valence-corrected chi connectivity index (χ1v) is 9.94. The Morgan fingerprint density at radius 2 is 1.71 bits per heavy atom. The molecule has 1 N–H and O–H groups in total. The van der Waals surface area contributed by atoms with Crippen molar-refractivity contribution in [2.75, 3.05) is 6.54 Å². The minimum absolute atomic E-state index is 0.0166. The van der Waals surface area contributed by atoms with E-state index in [1.165, 1.54) is 0 Å². The van der Waals surface area contributed by atoms with Crippen LogP contribution in [0.4, 0.5) is 0 Å². The summed E-state index contributed by atoms with van der Waals surface area (Å²) in [6, 6.07) is 18.7. The van der Waals surface area contributed by atoms with E-state index in [0.29, 0.717) is 25.9 Å². The maximum Gasteiger partial charge on any atom is 0.247 e. The van der Waals surface area contributed by atoms with E-state index in [1.54, 1.807) is 11.0 Å². The molecule has 0 heterocycles. The molecule has 4 nitrogen and oxygen atoms in total. The summed E-state index contributed by atoms with van der Waals surface area (Å²) in [5.74, 6) is -0.171. The Hall–Kier alpha value is -2.88. The molecule has 0 aliphatic carbocycles. The van der Waals surface area contributed by atoms with Gasteiger partial charge in [-0.25, -0.2) is 0 Å². The molecule has 0 aromatic heterocycles. The molecular formula is C24H30N2O2. The molecule has 28 heavy (non-hydrogen) atoms. The number of benzene rings is 2. The van der Waals surface area contributed by atoms with Gasteiger partial charge in [0.25, 0.3) is 0 Å². The summed E-state index contributed by atoms with van der Waals surface area (Å²) < 4.78 is 0. The highest BCUT2D eigenvalue weighted by atomic mass is 16.2. The summed E-state index contributed by atoms with van der Waals surface area (Å²) >= 11 is 0. The third-order valence-corrected chi connectivity index (χ3v) is 4.62.